The van der Waals surface area contributed by atoms with Crippen LogP contribution in [-0.2, 0) is 23.9 Å². The van der Waals surface area contributed by atoms with E-state index in [0.717, 1.165) is 70.6 Å². The molecule has 4 bridgehead atoms. The van der Waals surface area contributed by atoms with Crippen molar-refractivity contribution >= 4 is 29.6 Å². The predicted molar refractivity (Wildman–Crippen MR) is 165 cm³/mol. The van der Waals surface area contributed by atoms with Crippen molar-refractivity contribution in [1.82, 2.24) is 15.5 Å². The second-order valence-corrected chi connectivity index (χ2v) is 16.7. The van der Waals surface area contributed by atoms with Crippen molar-refractivity contribution in [3.8, 4) is 0 Å². The van der Waals surface area contributed by atoms with Gasteiger partial charge in [0.1, 0.15) is 17.7 Å². The molecule has 45 heavy (non-hydrogen) atoms. The van der Waals surface area contributed by atoms with Gasteiger partial charge in [0.2, 0.25) is 17.6 Å². The molecule has 7 saturated carbocycles. The van der Waals surface area contributed by atoms with E-state index < -0.39 is 47.4 Å². The van der Waals surface area contributed by atoms with Crippen LogP contribution in [0.15, 0.2) is 0 Å². The van der Waals surface area contributed by atoms with Crippen LogP contribution in [0.25, 0.3) is 0 Å². The number of Topliss-reactive ketones (excluding diaryl/α,β-unsaturated/α-hetero) is 1. The number of hydrogen-bond acceptors (Lipinski definition) is 6. The number of carbonyl (C=O) groups excluding carboxylic acids is 5. The number of piperidine rings is 1. The van der Waals surface area contributed by atoms with Crippen LogP contribution in [0.2, 0.25) is 0 Å². The first-order chi connectivity index (χ1) is 21.4. The van der Waals surface area contributed by atoms with E-state index in [4.69, 9.17) is 10.5 Å². The Labute approximate surface area is 266 Å². The summed E-state index contributed by atoms with van der Waals surface area (Å²) >= 11 is 0. The fraction of sp³-hybridized carbons (Fsp3) is 0.857. The van der Waals surface area contributed by atoms with E-state index in [1.807, 2.05) is 0 Å². The van der Waals surface area contributed by atoms with Gasteiger partial charge in [0.05, 0.1) is 6.04 Å². The van der Waals surface area contributed by atoms with Gasteiger partial charge in [0.25, 0.3) is 5.91 Å². The molecule has 8 fully saturated rings. The number of rotatable bonds is 10. The number of alkyl carbamates (subject to hydrolysis) is 1. The summed E-state index contributed by atoms with van der Waals surface area (Å²) in [4.78, 5) is 68.5. The Morgan fingerprint density at radius 2 is 1.49 bits per heavy atom. The fourth-order valence-electron chi connectivity index (χ4n) is 11.1. The maximum atomic E-state index is 14.5. The second kappa shape index (κ2) is 11.5. The number of ketones is 1. The Kier molecular flexibility index (Phi) is 7.95. The largest absolute Gasteiger partial charge is 0.443 e. The number of nitrogens with two attached hydrogens (primary N) is 1. The summed E-state index contributed by atoms with van der Waals surface area (Å²) < 4.78 is 6.30. The van der Waals surface area contributed by atoms with Crippen molar-refractivity contribution in [3.05, 3.63) is 0 Å². The molecule has 7 aliphatic carbocycles. The molecule has 4 amide bonds. The molecule has 8 rings (SSSR count). The number of likely N-dealkylation sites (tertiary alicyclic amines) is 1. The Balaban J connectivity index is 1.09. The molecule has 4 N–H and O–H groups in total. The topological polar surface area (TPSA) is 148 Å². The smallest absolute Gasteiger partial charge is 0.408 e. The summed E-state index contributed by atoms with van der Waals surface area (Å²) in [6.07, 6.45) is 14.2. The Hall–Kier alpha value is -2.65. The van der Waals surface area contributed by atoms with E-state index in [-0.39, 0.29) is 35.0 Å². The van der Waals surface area contributed by atoms with E-state index in [1.54, 1.807) is 4.90 Å². The molecular formula is C35H52N4O6. The fourth-order valence-corrected chi connectivity index (χ4v) is 11.1. The van der Waals surface area contributed by atoms with E-state index in [1.165, 1.54) is 19.3 Å². The van der Waals surface area contributed by atoms with E-state index in [2.05, 4.69) is 24.5 Å². The Morgan fingerprint density at radius 3 is 2.04 bits per heavy atom. The summed E-state index contributed by atoms with van der Waals surface area (Å²) in [5.41, 5.74) is 4.84. The summed E-state index contributed by atoms with van der Waals surface area (Å²) in [6.45, 7) is 4.66. The molecule has 10 nitrogen and oxygen atoms in total. The van der Waals surface area contributed by atoms with Crippen LogP contribution in [0.4, 0.5) is 4.79 Å². The highest BCUT2D eigenvalue weighted by atomic mass is 16.6. The summed E-state index contributed by atoms with van der Waals surface area (Å²) in [6, 6.07) is -2.52. The van der Waals surface area contributed by atoms with Crippen molar-refractivity contribution in [3.63, 3.8) is 0 Å². The van der Waals surface area contributed by atoms with Gasteiger partial charge in [-0.2, -0.15) is 0 Å². The Morgan fingerprint density at radius 1 is 0.867 bits per heavy atom. The minimum absolute atomic E-state index is 0.0217. The molecule has 1 aliphatic heterocycles. The van der Waals surface area contributed by atoms with Crippen LogP contribution in [0.3, 0.4) is 0 Å². The van der Waals surface area contributed by atoms with Crippen LogP contribution in [-0.4, -0.2) is 64.8 Å². The van der Waals surface area contributed by atoms with Crippen LogP contribution < -0.4 is 16.4 Å². The third kappa shape index (κ3) is 5.77. The van der Waals surface area contributed by atoms with Crippen molar-refractivity contribution < 1.29 is 28.7 Å². The van der Waals surface area contributed by atoms with Gasteiger partial charge in [0.15, 0.2) is 0 Å². The van der Waals surface area contributed by atoms with E-state index in [9.17, 15) is 24.0 Å². The highest BCUT2D eigenvalue weighted by molar-refractivity contribution is 6.37. The number of primary amides is 1. The molecule has 0 aromatic carbocycles. The predicted octanol–water partition coefficient (Wildman–Crippen LogP) is 3.84. The normalized spacial score (nSPS) is 37.6. The highest BCUT2D eigenvalue weighted by Crippen LogP contribution is 2.65. The minimum Gasteiger partial charge on any atom is -0.443 e. The van der Waals surface area contributed by atoms with Crippen LogP contribution in [0.1, 0.15) is 110 Å². The zero-order valence-corrected chi connectivity index (χ0v) is 27.1. The van der Waals surface area contributed by atoms with Crippen molar-refractivity contribution in [2.75, 3.05) is 6.54 Å². The lowest BCUT2D eigenvalue weighted by Crippen LogP contribution is -2.60. The van der Waals surface area contributed by atoms with E-state index in [0.29, 0.717) is 30.7 Å². The van der Waals surface area contributed by atoms with Gasteiger partial charge < -0.3 is 26.0 Å². The van der Waals surface area contributed by atoms with Crippen molar-refractivity contribution in [2.24, 2.45) is 52.6 Å². The van der Waals surface area contributed by atoms with Gasteiger partial charge in [0, 0.05) is 6.54 Å². The third-order valence-corrected chi connectivity index (χ3v) is 13.4. The van der Waals surface area contributed by atoms with Gasteiger partial charge in [-0.3, -0.25) is 19.2 Å². The van der Waals surface area contributed by atoms with E-state index >= 15 is 0 Å². The summed E-state index contributed by atoms with van der Waals surface area (Å²) in [7, 11) is 0. The van der Waals surface area contributed by atoms with Gasteiger partial charge in [-0.15, -0.1) is 0 Å². The number of ether oxygens (including phenoxy) is 1. The van der Waals surface area contributed by atoms with Gasteiger partial charge in [-0.05, 0) is 105 Å². The molecule has 0 aromatic rings. The Bertz CT molecular complexity index is 1200. The first-order valence-electron chi connectivity index (χ1n) is 17.9. The van der Waals surface area contributed by atoms with Gasteiger partial charge in [-0.1, -0.05) is 52.4 Å². The molecule has 10 heteroatoms. The SMILES string of the molecule is CC1(C)[C@H]2[C@@H](C(=O)NC(CC3CCC3)C(=O)C(N)=O)N(C(=O)[C@@H](NC(=O)OC34CC5CC(CC(C5)C3)C4)C3CCCCC3)C[C@H]21. The molecule has 1 heterocycles. The van der Waals surface area contributed by atoms with Gasteiger partial charge >= 0.3 is 6.09 Å². The molecule has 0 aromatic heterocycles. The van der Waals surface area contributed by atoms with Crippen LogP contribution >= 0.6 is 0 Å². The average Bonchev–Trinajstić information content (AvgIpc) is 3.27. The number of carbonyl (C=O) groups is 5. The second-order valence-electron chi connectivity index (χ2n) is 16.7. The number of nitrogens with one attached hydrogen (secondary N) is 2. The lowest BCUT2D eigenvalue weighted by atomic mass is 9.54. The minimum atomic E-state index is -1.05. The summed E-state index contributed by atoms with van der Waals surface area (Å²) in [5, 5.41) is 5.93. The number of fused-ring (bicyclic) bond motifs is 1. The third-order valence-electron chi connectivity index (χ3n) is 13.4. The summed E-state index contributed by atoms with van der Waals surface area (Å²) in [5.74, 6) is -0.232. The molecule has 248 valence electrons. The molecule has 8 aliphatic rings. The monoisotopic (exact) mass is 624 g/mol. The van der Waals surface area contributed by atoms with Crippen LogP contribution in [0.5, 0.6) is 0 Å². The maximum absolute atomic E-state index is 14.5. The maximum Gasteiger partial charge on any atom is 0.408 e. The highest BCUT2D eigenvalue weighted by Gasteiger charge is 2.70. The average molecular weight is 625 g/mol. The number of amides is 4. The van der Waals surface area contributed by atoms with Gasteiger partial charge in [-0.25, -0.2) is 4.79 Å². The number of nitrogens with zero attached hydrogens (tertiary/aromatic N) is 1. The molecule has 0 spiro atoms. The molecule has 1 saturated heterocycles. The van der Waals surface area contributed by atoms with Crippen molar-refractivity contribution in [2.45, 2.75) is 134 Å². The van der Waals surface area contributed by atoms with Crippen LogP contribution in [0, 0.1) is 46.8 Å². The molecule has 0 radical (unpaired) electrons. The zero-order valence-electron chi connectivity index (χ0n) is 27.1. The molecular weight excluding hydrogens is 572 g/mol. The van der Waals surface area contributed by atoms with Crippen molar-refractivity contribution in [1.29, 1.82) is 0 Å². The molecule has 1 unspecified atom stereocenters. The molecule has 5 atom stereocenters. The lowest BCUT2D eigenvalue weighted by Gasteiger charge is -2.55. The zero-order chi connectivity index (χ0) is 31.7. The standard InChI is InChI=1S/C35H52N4O6/c1-34(2)24-18-39(28(26(24)34)31(42)37-25(29(40)30(36)41)14-19-7-6-8-19)32(43)27(23-9-4-3-5-10-23)38-33(44)45-35-15-20-11-21(16-35)13-22(12-20)17-35/h19-28H,3-18H2,1-2H3,(H2,36,41)(H,37,42)(H,38,44)/t20?,21?,22?,24-,25?,26-,27+,28+,35?/m1/s1. The quantitative estimate of drug-likeness (QED) is 0.315. The first kappa shape index (κ1) is 31.0. The number of hydrogen-bond donors (Lipinski definition) is 3. The lowest BCUT2D eigenvalue weighted by molar-refractivity contribution is -0.145. The first-order valence-corrected chi connectivity index (χ1v) is 17.9.